The van der Waals surface area contributed by atoms with Gasteiger partial charge in [-0.1, -0.05) is 26.8 Å². The molecule has 0 aliphatic carbocycles. The zero-order valence-corrected chi connectivity index (χ0v) is 7.67. The number of fused-ring (bicyclic) bond motifs is 2. The summed E-state index contributed by atoms with van der Waals surface area (Å²) in [5, 5.41) is 0. The number of rotatable bonds is 0. The molecule has 2 bridgehead atoms. The van der Waals surface area contributed by atoms with Crippen molar-refractivity contribution >= 4 is 0 Å². The molecule has 0 radical (unpaired) electrons. The molecule has 11 heavy (non-hydrogen) atoms. The van der Waals surface area contributed by atoms with E-state index in [1.165, 1.54) is 13.0 Å². The number of hydrogen-bond acceptors (Lipinski definition) is 1. The predicted molar refractivity (Wildman–Crippen MR) is 47.2 cm³/mol. The molecular formula is C10H17N. The quantitative estimate of drug-likeness (QED) is 0.513. The maximum atomic E-state index is 2.50. The summed E-state index contributed by atoms with van der Waals surface area (Å²) >= 11 is 0. The fraction of sp³-hybridized carbons (Fsp3) is 0.800. The Bertz CT molecular complexity index is 188. The highest BCUT2D eigenvalue weighted by Gasteiger charge is 2.39. The van der Waals surface area contributed by atoms with Crippen molar-refractivity contribution in [3.05, 3.63) is 12.3 Å². The van der Waals surface area contributed by atoms with Crippen molar-refractivity contribution in [1.82, 2.24) is 4.90 Å². The van der Waals surface area contributed by atoms with Crippen LogP contribution in [0.5, 0.6) is 0 Å². The summed E-state index contributed by atoms with van der Waals surface area (Å²) in [5.74, 6) is 0.860. The second-order valence-electron chi connectivity index (χ2n) is 4.92. The van der Waals surface area contributed by atoms with E-state index in [1.807, 2.05) is 0 Å². The molecule has 2 unspecified atom stereocenters. The summed E-state index contributed by atoms with van der Waals surface area (Å²) in [6.07, 6.45) is 6.01. The zero-order chi connectivity index (χ0) is 8.06. The van der Waals surface area contributed by atoms with Crippen molar-refractivity contribution in [2.75, 3.05) is 6.54 Å². The first-order chi connectivity index (χ1) is 5.07. The molecule has 2 heterocycles. The van der Waals surface area contributed by atoms with E-state index in [4.69, 9.17) is 0 Å². The van der Waals surface area contributed by atoms with Gasteiger partial charge in [0.1, 0.15) is 0 Å². The third kappa shape index (κ3) is 1.07. The van der Waals surface area contributed by atoms with Gasteiger partial charge < -0.3 is 4.90 Å². The first-order valence-corrected chi connectivity index (χ1v) is 4.51. The molecule has 0 aromatic carbocycles. The van der Waals surface area contributed by atoms with Gasteiger partial charge in [-0.3, -0.25) is 0 Å². The van der Waals surface area contributed by atoms with Crippen LogP contribution in [0.15, 0.2) is 12.3 Å². The standard InChI is InChI=1S/C10H17N/c1-10(2,3)9-6-8-4-5-11(9)7-8/h4-5,8-9H,6-7H2,1-3H3. The molecule has 2 aliphatic heterocycles. The fourth-order valence-corrected chi connectivity index (χ4v) is 2.28. The van der Waals surface area contributed by atoms with E-state index in [1.54, 1.807) is 0 Å². The third-order valence-electron chi connectivity index (χ3n) is 2.92. The van der Waals surface area contributed by atoms with Gasteiger partial charge in [0.25, 0.3) is 0 Å². The molecular weight excluding hydrogens is 134 g/mol. The SMILES string of the molecule is CC(C)(C)C1CC2C=CN1C2. The van der Waals surface area contributed by atoms with Gasteiger partial charge in [-0.15, -0.1) is 0 Å². The van der Waals surface area contributed by atoms with Crippen molar-refractivity contribution < 1.29 is 0 Å². The Labute approximate surface area is 69.1 Å². The van der Waals surface area contributed by atoms with Gasteiger partial charge in [-0.05, 0) is 24.0 Å². The topological polar surface area (TPSA) is 3.24 Å². The second kappa shape index (κ2) is 2.02. The third-order valence-corrected chi connectivity index (χ3v) is 2.92. The lowest BCUT2D eigenvalue weighted by Crippen LogP contribution is -2.36. The first kappa shape index (κ1) is 7.20. The summed E-state index contributed by atoms with van der Waals surface area (Å²) in [6.45, 7) is 8.30. The van der Waals surface area contributed by atoms with E-state index in [0.717, 1.165) is 12.0 Å². The zero-order valence-electron chi connectivity index (χ0n) is 7.67. The van der Waals surface area contributed by atoms with Gasteiger partial charge in [-0.2, -0.15) is 0 Å². The Morgan fingerprint density at radius 1 is 1.36 bits per heavy atom. The lowest BCUT2D eigenvalue weighted by molar-refractivity contribution is 0.187. The van der Waals surface area contributed by atoms with Crippen LogP contribution >= 0.6 is 0 Å². The lowest BCUT2D eigenvalue weighted by atomic mass is 9.83. The van der Waals surface area contributed by atoms with Crippen molar-refractivity contribution in [1.29, 1.82) is 0 Å². The van der Waals surface area contributed by atoms with E-state index in [0.29, 0.717) is 5.41 Å². The molecule has 0 saturated carbocycles. The normalized spacial score (nSPS) is 35.4. The largest absolute Gasteiger partial charge is 0.374 e. The molecule has 1 fully saturated rings. The molecule has 0 aromatic heterocycles. The van der Waals surface area contributed by atoms with Crippen molar-refractivity contribution in [2.45, 2.75) is 33.2 Å². The van der Waals surface area contributed by atoms with Crippen molar-refractivity contribution in [3.63, 3.8) is 0 Å². The molecule has 1 heteroatoms. The summed E-state index contributed by atoms with van der Waals surface area (Å²) in [7, 11) is 0. The van der Waals surface area contributed by atoms with Crippen molar-refractivity contribution in [3.8, 4) is 0 Å². The Kier molecular flexibility index (Phi) is 1.33. The average molecular weight is 151 g/mol. The molecule has 0 spiro atoms. The highest BCUT2D eigenvalue weighted by Crippen LogP contribution is 2.39. The Balaban J connectivity index is 2.15. The number of hydrogen-bond donors (Lipinski definition) is 0. The van der Waals surface area contributed by atoms with Gasteiger partial charge in [-0.25, -0.2) is 0 Å². The summed E-state index contributed by atoms with van der Waals surface area (Å²) < 4.78 is 0. The number of nitrogens with zero attached hydrogens (tertiary/aromatic N) is 1. The molecule has 0 aromatic rings. The fourth-order valence-electron chi connectivity index (χ4n) is 2.28. The molecule has 0 amide bonds. The monoisotopic (exact) mass is 151 g/mol. The Morgan fingerprint density at radius 2 is 2.09 bits per heavy atom. The molecule has 0 N–H and O–H groups in total. The Morgan fingerprint density at radius 3 is 2.36 bits per heavy atom. The highest BCUT2D eigenvalue weighted by molar-refractivity contribution is 5.09. The summed E-state index contributed by atoms with van der Waals surface area (Å²) in [6, 6.07) is 0.789. The van der Waals surface area contributed by atoms with Crippen LogP contribution in [0, 0.1) is 11.3 Å². The van der Waals surface area contributed by atoms with Gasteiger partial charge in [0, 0.05) is 12.6 Å². The van der Waals surface area contributed by atoms with Gasteiger partial charge >= 0.3 is 0 Å². The molecule has 2 atom stereocenters. The van der Waals surface area contributed by atoms with Crippen molar-refractivity contribution in [2.24, 2.45) is 11.3 Å². The van der Waals surface area contributed by atoms with Gasteiger partial charge in [0.2, 0.25) is 0 Å². The van der Waals surface area contributed by atoms with E-state index >= 15 is 0 Å². The second-order valence-corrected chi connectivity index (χ2v) is 4.92. The van der Waals surface area contributed by atoms with Crippen LogP contribution in [0.25, 0.3) is 0 Å². The smallest absolute Gasteiger partial charge is 0.0339 e. The molecule has 62 valence electrons. The van der Waals surface area contributed by atoms with Crippen LogP contribution in [0.1, 0.15) is 27.2 Å². The molecule has 2 aliphatic rings. The van der Waals surface area contributed by atoms with Crippen LogP contribution in [-0.2, 0) is 0 Å². The maximum Gasteiger partial charge on any atom is 0.0339 e. The van der Waals surface area contributed by atoms with E-state index in [2.05, 4.69) is 37.9 Å². The minimum Gasteiger partial charge on any atom is -0.374 e. The lowest BCUT2D eigenvalue weighted by Gasteiger charge is -2.34. The first-order valence-electron chi connectivity index (χ1n) is 4.51. The maximum absolute atomic E-state index is 2.50. The van der Waals surface area contributed by atoms with Gasteiger partial charge in [0.15, 0.2) is 0 Å². The van der Waals surface area contributed by atoms with E-state index in [-0.39, 0.29) is 0 Å². The summed E-state index contributed by atoms with van der Waals surface area (Å²) in [4.78, 5) is 2.50. The van der Waals surface area contributed by atoms with Crippen LogP contribution in [0.3, 0.4) is 0 Å². The Hall–Kier alpha value is -0.460. The molecule has 1 nitrogen and oxygen atoms in total. The highest BCUT2D eigenvalue weighted by atomic mass is 15.2. The minimum atomic E-state index is 0.458. The average Bonchev–Trinajstić information content (AvgIpc) is 2.42. The van der Waals surface area contributed by atoms with Crippen LogP contribution in [0.2, 0.25) is 0 Å². The predicted octanol–water partition coefficient (Wildman–Crippen LogP) is 2.25. The summed E-state index contributed by atoms with van der Waals surface area (Å²) in [5.41, 5.74) is 0.458. The van der Waals surface area contributed by atoms with Crippen LogP contribution in [-0.4, -0.2) is 17.5 Å². The van der Waals surface area contributed by atoms with E-state index < -0.39 is 0 Å². The molecule has 1 saturated heterocycles. The van der Waals surface area contributed by atoms with Crippen LogP contribution < -0.4 is 0 Å². The van der Waals surface area contributed by atoms with Gasteiger partial charge in [0.05, 0.1) is 0 Å². The molecule has 2 rings (SSSR count). The van der Waals surface area contributed by atoms with Crippen LogP contribution in [0.4, 0.5) is 0 Å². The minimum absolute atomic E-state index is 0.458. The van der Waals surface area contributed by atoms with E-state index in [9.17, 15) is 0 Å².